The molecule has 0 bridgehead atoms. The predicted molar refractivity (Wildman–Crippen MR) is 41.5 cm³/mol. The van der Waals surface area contributed by atoms with Crippen molar-refractivity contribution >= 4 is 24.8 Å². The van der Waals surface area contributed by atoms with E-state index in [1.54, 1.807) is 12.3 Å². The van der Waals surface area contributed by atoms with Crippen LogP contribution >= 0.6 is 12.2 Å². The van der Waals surface area contributed by atoms with Gasteiger partial charge >= 0.3 is 7.12 Å². The third-order valence-corrected chi connectivity index (χ3v) is 1.33. The molecule has 0 saturated carbocycles. The number of nitrogens with one attached hydrogen (secondary N) is 1. The fraction of sp³-hybridized carbons (Fsp3) is 0. The predicted octanol–water partition coefficient (Wildman–Crippen LogP) is -0.576. The van der Waals surface area contributed by atoms with Crippen LogP contribution in [0.1, 0.15) is 0 Å². The van der Waals surface area contributed by atoms with E-state index in [2.05, 4.69) is 4.98 Å². The molecule has 1 heterocycles. The Labute approximate surface area is 63.5 Å². The first kappa shape index (κ1) is 7.46. The fourth-order valence-electron chi connectivity index (χ4n) is 0.622. The van der Waals surface area contributed by atoms with E-state index in [1.807, 2.05) is 0 Å². The van der Waals surface area contributed by atoms with Crippen molar-refractivity contribution in [1.29, 1.82) is 0 Å². The van der Waals surface area contributed by atoms with E-state index in [0.717, 1.165) is 0 Å². The Balaban J connectivity index is 3.07. The molecule has 0 unspecified atom stereocenters. The Morgan fingerprint density at radius 1 is 1.50 bits per heavy atom. The van der Waals surface area contributed by atoms with Crippen LogP contribution in [0.3, 0.4) is 0 Å². The zero-order valence-corrected chi connectivity index (χ0v) is 5.93. The summed E-state index contributed by atoms with van der Waals surface area (Å²) in [7, 11) is -1.43. The molecule has 10 heavy (non-hydrogen) atoms. The zero-order valence-electron chi connectivity index (χ0n) is 5.11. The van der Waals surface area contributed by atoms with Gasteiger partial charge < -0.3 is 15.0 Å². The van der Waals surface area contributed by atoms with Crippen LogP contribution in [-0.2, 0) is 0 Å². The highest BCUT2D eigenvalue weighted by Crippen LogP contribution is 1.82. The second-order valence-corrected chi connectivity index (χ2v) is 2.30. The molecule has 1 aromatic heterocycles. The highest BCUT2D eigenvalue weighted by Gasteiger charge is 2.08. The molecule has 52 valence electrons. The monoisotopic (exact) mass is 155 g/mol. The van der Waals surface area contributed by atoms with E-state index in [0.29, 0.717) is 10.1 Å². The van der Waals surface area contributed by atoms with Gasteiger partial charge in [0.2, 0.25) is 0 Å². The summed E-state index contributed by atoms with van der Waals surface area (Å²) in [6.07, 6.45) is 1.57. The van der Waals surface area contributed by atoms with Crippen molar-refractivity contribution in [2.45, 2.75) is 0 Å². The summed E-state index contributed by atoms with van der Waals surface area (Å²) in [4.78, 5) is 2.72. The smallest absolute Gasteiger partial charge is 0.423 e. The minimum absolute atomic E-state index is 0.406. The molecule has 5 heteroatoms. The van der Waals surface area contributed by atoms with Gasteiger partial charge in [-0.25, -0.2) is 0 Å². The maximum atomic E-state index is 8.64. The van der Waals surface area contributed by atoms with Gasteiger partial charge in [-0.15, -0.1) is 0 Å². The Morgan fingerprint density at radius 3 is 2.60 bits per heavy atom. The van der Waals surface area contributed by atoms with Crippen LogP contribution in [0, 0.1) is 4.64 Å². The summed E-state index contributed by atoms with van der Waals surface area (Å²) < 4.78 is 0.491. The SMILES string of the molecule is OB(O)c1cc[nH]c(=S)c1. The molecular weight excluding hydrogens is 149 g/mol. The van der Waals surface area contributed by atoms with Gasteiger partial charge in [0.15, 0.2) is 0 Å². The van der Waals surface area contributed by atoms with Crippen LogP contribution in [0.15, 0.2) is 18.3 Å². The molecular formula is C5H6BNO2S. The van der Waals surface area contributed by atoms with Gasteiger partial charge in [-0.2, -0.15) is 0 Å². The van der Waals surface area contributed by atoms with E-state index < -0.39 is 7.12 Å². The molecule has 3 N–H and O–H groups in total. The maximum absolute atomic E-state index is 8.64. The maximum Gasteiger partial charge on any atom is 0.488 e. The molecule has 0 aliphatic carbocycles. The summed E-state index contributed by atoms with van der Waals surface area (Å²) >= 11 is 4.74. The normalized spacial score (nSPS) is 9.40. The number of H-pyrrole nitrogens is 1. The van der Waals surface area contributed by atoms with Gasteiger partial charge in [-0.05, 0) is 17.6 Å². The van der Waals surface area contributed by atoms with Gasteiger partial charge in [0.1, 0.15) is 4.64 Å². The lowest BCUT2D eigenvalue weighted by Crippen LogP contribution is -2.29. The topological polar surface area (TPSA) is 56.2 Å². The highest BCUT2D eigenvalue weighted by molar-refractivity contribution is 7.71. The quantitative estimate of drug-likeness (QED) is 0.375. The lowest BCUT2D eigenvalue weighted by atomic mass is 9.81. The minimum atomic E-state index is -1.43. The number of hydrogen-bond donors (Lipinski definition) is 3. The zero-order chi connectivity index (χ0) is 7.56. The Hall–Kier alpha value is -0.645. The number of hydrogen-bond acceptors (Lipinski definition) is 3. The molecule has 0 atom stereocenters. The summed E-state index contributed by atoms with van der Waals surface area (Å²) in [5.74, 6) is 0. The lowest BCUT2D eigenvalue weighted by Gasteiger charge is -1.95. The number of pyridine rings is 1. The van der Waals surface area contributed by atoms with Gasteiger partial charge in [0.25, 0.3) is 0 Å². The van der Waals surface area contributed by atoms with Crippen molar-refractivity contribution < 1.29 is 10.0 Å². The first-order valence-corrected chi connectivity index (χ1v) is 3.16. The number of aromatic nitrogens is 1. The van der Waals surface area contributed by atoms with Gasteiger partial charge in [0, 0.05) is 6.20 Å². The van der Waals surface area contributed by atoms with Crippen molar-refractivity contribution in [3.63, 3.8) is 0 Å². The first-order valence-electron chi connectivity index (χ1n) is 2.75. The van der Waals surface area contributed by atoms with Gasteiger partial charge in [-0.1, -0.05) is 12.2 Å². The van der Waals surface area contributed by atoms with E-state index in [4.69, 9.17) is 22.3 Å². The summed E-state index contributed by atoms with van der Waals surface area (Å²) in [5, 5.41) is 17.3. The van der Waals surface area contributed by atoms with Crippen LogP contribution in [-0.4, -0.2) is 22.2 Å². The Bertz CT molecular complexity index is 272. The van der Waals surface area contributed by atoms with Crippen molar-refractivity contribution in [3.8, 4) is 0 Å². The molecule has 0 fully saturated rings. The fourth-order valence-corrected chi connectivity index (χ4v) is 0.826. The van der Waals surface area contributed by atoms with Crippen molar-refractivity contribution in [1.82, 2.24) is 4.98 Å². The van der Waals surface area contributed by atoms with E-state index >= 15 is 0 Å². The number of rotatable bonds is 1. The van der Waals surface area contributed by atoms with Gasteiger partial charge in [-0.3, -0.25) is 0 Å². The second kappa shape index (κ2) is 2.96. The molecule has 1 aromatic rings. The van der Waals surface area contributed by atoms with Crippen molar-refractivity contribution in [2.24, 2.45) is 0 Å². The van der Waals surface area contributed by atoms with Crippen LogP contribution < -0.4 is 5.46 Å². The third-order valence-electron chi connectivity index (χ3n) is 1.10. The molecule has 0 aliphatic rings. The standard InChI is InChI=1S/C5H6BNO2S/c8-6(9)4-1-2-7-5(10)3-4/h1-3,8-9H,(H,7,10). The minimum Gasteiger partial charge on any atom is -0.423 e. The van der Waals surface area contributed by atoms with E-state index in [1.165, 1.54) is 6.07 Å². The van der Waals surface area contributed by atoms with Crippen LogP contribution in [0.5, 0.6) is 0 Å². The van der Waals surface area contributed by atoms with E-state index in [9.17, 15) is 0 Å². The Kier molecular flexibility index (Phi) is 2.21. The van der Waals surface area contributed by atoms with Gasteiger partial charge in [0.05, 0.1) is 0 Å². The molecule has 0 amide bonds. The van der Waals surface area contributed by atoms with Crippen LogP contribution in [0.2, 0.25) is 0 Å². The molecule has 0 saturated heterocycles. The highest BCUT2D eigenvalue weighted by atomic mass is 32.1. The van der Waals surface area contributed by atoms with Crippen LogP contribution in [0.4, 0.5) is 0 Å². The average Bonchev–Trinajstić information content (AvgIpc) is 1.88. The molecule has 0 aromatic carbocycles. The average molecular weight is 155 g/mol. The van der Waals surface area contributed by atoms with Crippen molar-refractivity contribution in [3.05, 3.63) is 23.0 Å². The van der Waals surface area contributed by atoms with E-state index in [-0.39, 0.29) is 0 Å². The molecule has 3 nitrogen and oxygen atoms in total. The molecule has 0 radical (unpaired) electrons. The second-order valence-electron chi connectivity index (χ2n) is 1.86. The summed E-state index contributed by atoms with van der Waals surface area (Å²) in [5.41, 5.74) is 0.406. The van der Waals surface area contributed by atoms with Crippen LogP contribution in [0.25, 0.3) is 0 Å². The largest absolute Gasteiger partial charge is 0.488 e. The third kappa shape index (κ3) is 1.67. The summed E-state index contributed by atoms with van der Waals surface area (Å²) in [6, 6.07) is 3.06. The Morgan fingerprint density at radius 2 is 2.20 bits per heavy atom. The molecule has 0 spiro atoms. The summed E-state index contributed by atoms with van der Waals surface area (Å²) in [6.45, 7) is 0. The van der Waals surface area contributed by atoms with Crippen molar-refractivity contribution in [2.75, 3.05) is 0 Å². The molecule has 0 aliphatic heterocycles. The lowest BCUT2D eigenvalue weighted by molar-refractivity contribution is 0.425. The first-order chi connectivity index (χ1) is 4.70. The number of aromatic amines is 1. The molecule has 1 rings (SSSR count).